The van der Waals surface area contributed by atoms with Crippen molar-refractivity contribution in [2.75, 3.05) is 6.61 Å². The van der Waals surface area contributed by atoms with E-state index in [1.807, 2.05) is 0 Å². The minimum absolute atomic E-state index is 0.199. The van der Waals surface area contributed by atoms with Crippen LogP contribution in [-0.2, 0) is 6.54 Å². The second-order valence-electron chi connectivity index (χ2n) is 5.34. The zero-order valence-corrected chi connectivity index (χ0v) is 13.6. The predicted molar refractivity (Wildman–Crippen MR) is 82.4 cm³/mol. The van der Waals surface area contributed by atoms with E-state index in [0.29, 0.717) is 21.7 Å². The number of fused-ring (bicyclic) bond motifs is 1. The molecular formula is C15H10ClF5N4O. The van der Waals surface area contributed by atoms with Gasteiger partial charge in [-0.2, -0.15) is 27.1 Å². The summed E-state index contributed by atoms with van der Waals surface area (Å²) >= 11 is 5.96. The van der Waals surface area contributed by atoms with Gasteiger partial charge in [0.25, 0.3) is 0 Å². The molecule has 26 heavy (non-hydrogen) atoms. The number of pyridine rings is 2. The van der Waals surface area contributed by atoms with Gasteiger partial charge in [0.1, 0.15) is 10.9 Å². The Balaban J connectivity index is 1.66. The zero-order chi connectivity index (χ0) is 18.9. The molecule has 5 nitrogen and oxygen atoms in total. The van der Waals surface area contributed by atoms with Gasteiger partial charge in [0.05, 0.1) is 29.3 Å². The molecule has 0 bridgehead atoms. The van der Waals surface area contributed by atoms with Crippen LogP contribution in [0.15, 0.2) is 36.8 Å². The van der Waals surface area contributed by atoms with E-state index in [4.69, 9.17) is 11.6 Å². The van der Waals surface area contributed by atoms with E-state index >= 15 is 0 Å². The number of hydrogen-bond donors (Lipinski definition) is 0. The molecule has 138 valence electrons. The van der Waals surface area contributed by atoms with Crippen molar-refractivity contribution in [2.45, 2.75) is 18.6 Å². The fraction of sp³-hybridized carbons (Fsp3) is 0.267. The summed E-state index contributed by atoms with van der Waals surface area (Å²) in [6.07, 6.45) is -1.41. The molecule has 0 N–H and O–H groups in total. The van der Waals surface area contributed by atoms with Crippen LogP contribution in [0.5, 0.6) is 5.75 Å². The van der Waals surface area contributed by atoms with Crippen LogP contribution in [0, 0.1) is 0 Å². The van der Waals surface area contributed by atoms with Crippen molar-refractivity contribution in [1.82, 2.24) is 19.7 Å². The quantitative estimate of drug-likeness (QED) is 0.484. The first-order valence-electron chi connectivity index (χ1n) is 7.16. The number of alkyl halides is 5. The van der Waals surface area contributed by atoms with Gasteiger partial charge < -0.3 is 4.74 Å². The van der Waals surface area contributed by atoms with Crippen LogP contribution in [0.25, 0.3) is 10.9 Å². The highest BCUT2D eigenvalue weighted by Crippen LogP contribution is 2.35. The Hall–Kier alpha value is -2.49. The maximum atomic E-state index is 12.8. The lowest BCUT2D eigenvalue weighted by molar-refractivity contribution is -0.290. The molecule has 0 atom stereocenters. The lowest BCUT2D eigenvalue weighted by atomic mass is 10.3. The van der Waals surface area contributed by atoms with Gasteiger partial charge in [-0.3, -0.25) is 9.67 Å². The van der Waals surface area contributed by atoms with Crippen LogP contribution in [0.4, 0.5) is 22.0 Å². The number of aromatic nitrogens is 4. The van der Waals surface area contributed by atoms with Crippen molar-refractivity contribution >= 4 is 22.5 Å². The Labute approximate surface area is 148 Å². The summed E-state index contributed by atoms with van der Waals surface area (Å²) in [7, 11) is 0. The van der Waals surface area contributed by atoms with Crippen LogP contribution in [0.1, 0.15) is 5.69 Å². The maximum Gasteiger partial charge on any atom is 0.456 e. The summed E-state index contributed by atoms with van der Waals surface area (Å²) in [5, 5.41) is 5.24. The molecule has 0 aliphatic carbocycles. The van der Waals surface area contributed by atoms with Crippen LogP contribution in [0.3, 0.4) is 0 Å². The standard InChI is InChI=1S/C15H10ClF5N4O/c16-13-11-7-25(24-12(11)3-4-22-13)6-9-1-2-10(5-23-9)26-8-14(17,18)15(19,20)21/h1-5,7H,6,8H2. The summed E-state index contributed by atoms with van der Waals surface area (Å²) < 4.78 is 67.9. The normalized spacial score (nSPS) is 12.5. The van der Waals surface area contributed by atoms with Crippen LogP contribution < -0.4 is 4.74 Å². The summed E-state index contributed by atoms with van der Waals surface area (Å²) in [4.78, 5) is 7.90. The molecule has 0 aliphatic heterocycles. The Morgan fingerprint density at radius 2 is 1.85 bits per heavy atom. The van der Waals surface area contributed by atoms with E-state index in [9.17, 15) is 22.0 Å². The molecule has 3 rings (SSSR count). The summed E-state index contributed by atoms with van der Waals surface area (Å²) in [6.45, 7) is -1.57. The highest BCUT2D eigenvalue weighted by Gasteiger charge is 2.58. The van der Waals surface area contributed by atoms with Gasteiger partial charge in [0.2, 0.25) is 0 Å². The third kappa shape index (κ3) is 3.85. The van der Waals surface area contributed by atoms with Crippen LogP contribution in [-0.4, -0.2) is 38.5 Å². The van der Waals surface area contributed by atoms with Crippen molar-refractivity contribution in [3.8, 4) is 5.75 Å². The molecule has 3 aromatic rings. The highest BCUT2D eigenvalue weighted by atomic mass is 35.5. The third-order valence-electron chi connectivity index (χ3n) is 3.39. The average molecular weight is 393 g/mol. The van der Waals surface area contributed by atoms with Crippen molar-refractivity contribution in [3.05, 3.63) is 47.6 Å². The molecule has 0 aliphatic rings. The van der Waals surface area contributed by atoms with E-state index < -0.39 is 18.7 Å². The molecule has 0 saturated heterocycles. The second kappa shape index (κ2) is 6.67. The number of nitrogens with zero attached hydrogens (tertiary/aromatic N) is 4. The Morgan fingerprint density at radius 1 is 1.08 bits per heavy atom. The number of rotatable bonds is 5. The first kappa shape index (κ1) is 18.3. The molecule has 3 heterocycles. The first-order chi connectivity index (χ1) is 12.2. The van der Waals surface area contributed by atoms with E-state index in [2.05, 4.69) is 19.8 Å². The van der Waals surface area contributed by atoms with Gasteiger partial charge >= 0.3 is 12.1 Å². The largest absolute Gasteiger partial charge is 0.485 e. The second-order valence-corrected chi connectivity index (χ2v) is 5.70. The molecule has 0 unspecified atom stereocenters. The van der Waals surface area contributed by atoms with Crippen LogP contribution in [0.2, 0.25) is 5.15 Å². The van der Waals surface area contributed by atoms with E-state index in [1.165, 1.54) is 18.3 Å². The molecule has 3 aromatic heterocycles. The summed E-state index contributed by atoms with van der Waals surface area (Å²) in [5.41, 5.74) is 1.14. The monoisotopic (exact) mass is 392 g/mol. The maximum absolute atomic E-state index is 12.8. The average Bonchev–Trinajstić information content (AvgIpc) is 2.97. The molecule has 0 amide bonds. The molecule has 0 radical (unpaired) electrons. The molecule has 0 aromatic carbocycles. The fourth-order valence-electron chi connectivity index (χ4n) is 2.05. The Bertz CT molecular complexity index is 911. The van der Waals surface area contributed by atoms with Gasteiger partial charge in [-0.15, -0.1) is 0 Å². The van der Waals surface area contributed by atoms with Crippen molar-refractivity contribution in [2.24, 2.45) is 0 Å². The molecule has 0 saturated carbocycles. The first-order valence-corrected chi connectivity index (χ1v) is 7.53. The highest BCUT2D eigenvalue weighted by molar-refractivity contribution is 6.34. The minimum atomic E-state index is -5.67. The summed E-state index contributed by atoms with van der Waals surface area (Å²) in [5.74, 6) is -5.13. The van der Waals surface area contributed by atoms with Gasteiger partial charge in [-0.25, -0.2) is 4.98 Å². The van der Waals surface area contributed by atoms with Crippen molar-refractivity contribution in [3.63, 3.8) is 0 Å². The summed E-state index contributed by atoms with van der Waals surface area (Å²) in [6, 6.07) is 4.38. The molecule has 0 fully saturated rings. The van der Waals surface area contributed by atoms with Gasteiger partial charge in [0, 0.05) is 12.4 Å². The Morgan fingerprint density at radius 3 is 2.46 bits per heavy atom. The lowest BCUT2D eigenvalue weighted by Gasteiger charge is -2.19. The van der Waals surface area contributed by atoms with E-state index in [-0.39, 0.29) is 12.3 Å². The number of hydrogen-bond acceptors (Lipinski definition) is 4. The predicted octanol–water partition coefficient (Wildman–Crippen LogP) is 4.10. The third-order valence-corrected chi connectivity index (χ3v) is 3.69. The van der Waals surface area contributed by atoms with E-state index in [0.717, 1.165) is 6.20 Å². The number of ether oxygens (including phenoxy) is 1. The smallest absolute Gasteiger partial charge is 0.456 e. The van der Waals surface area contributed by atoms with Gasteiger partial charge in [-0.1, -0.05) is 11.6 Å². The minimum Gasteiger partial charge on any atom is -0.485 e. The van der Waals surface area contributed by atoms with Crippen molar-refractivity contribution in [1.29, 1.82) is 0 Å². The van der Waals surface area contributed by atoms with E-state index in [1.54, 1.807) is 16.9 Å². The van der Waals surface area contributed by atoms with Gasteiger partial charge in [-0.05, 0) is 18.2 Å². The SMILES string of the molecule is FC(F)(F)C(F)(F)COc1ccc(Cn2cc3c(Cl)nccc3n2)nc1. The van der Waals surface area contributed by atoms with Gasteiger partial charge in [0.15, 0.2) is 6.61 Å². The Kier molecular flexibility index (Phi) is 4.70. The van der Waals surface area contributed by atoms with Crippen molar-refractivity contribution < 1.29 is 26.7 Å². The number of halogens is 6. The molecule has 0 spiro atoms. The lowest BCUT2D eigenvalue weighted by Crippen LogP contribution is -2.41. The zero-order valence-electron chi connectivity index (χ0n) is 12.8. The van der Waals surface area contributed by atoms with Crippen LogP contribution >= 0.6 is 11.6 Å². The fourth-order valence-corrected chi connectivity index (χ4v) is 2.26. The topological polar surface area (TPSA) is 52.8 Å². The molecule has 11 heteroatoms. The molecular weight excluding hydrogens is 383 g/mol.